The standard InChI is InChI=1S/C10H12F4N2O/c1-16(4-3-5-17-2)8-6(11)9(13)15-10(14)7(8)12/h3-5H2,1-2H3. The largest absolute Gasteiger partial charge is 0.385 e. The molecule has 0 amide bonds. The third kappa shape index (κ3) is 3.06. The zero-order valence-corrected chi connectivity index (χ0v) is 9.44. The molecule has 7 heteroatoms. The number of halogens is 4. The summed E-state index contributed by atoms with van der Waals surface area (Å²) in [6.45, 7) is 0.578. The van der Waals surface area contributed by atoms with E-state index in [9.17, 15) is 17.6 Å². The Morgan fingerprint density at radius 1 is 1.12 bits per heavy atom. The number of methoxy groups -OCH3 is 1. The number of ether oxygens (including phenoxy) is 1. The van der Waals surface area contributed by atoms with Crippen LogP contribution in [0.2, 0.25) is 0 Å². The normalized spacial score (nSPS) is 10.7. The summed E-state index contributed by atoms with van der Waals surface area (Å²) < 4.78 is 57.0. The van der Waals surface area contributed by atoms with E-state index < -0.39 is 29.2 Å². The lowest BCUT2D eigenvalue weighted by atomic mass is 10.3. The number of pyridine rings is 1. The van der Waals surface area contributed by atoms with E-state index in [-0.39, 0.29) is 6.54 Å². The Hall–Kier alpha value is -1.37. The molecule has 0 aromatic carbocycles. The molecule has 0 fully saturated rings. The molecule has 1 aromatic rings. The molecule has 0 saturated heterocycles. The lowest BCUT2D eigenvalue weighted by Gasteiger charge is -2.20. The molecule has 0 aliphatic carbocycles. The Labute approximate surface area is 96.0 Å². The van der Waals surface area contributed by atoms with Gasteiger partial charge in [-0.2, -0.15) is 22.5 Å². The Kier molecular flexibility index (Phi) is 4.68. The minimum absolute atomic E-state index is 0.199. The maximum absolute atomic E-state index is 13.3. The van der Waals surface area contributed by atoms with Crippen molar-refractivity contribution in [2.24, 2.45) is 0 Å². The number of hydrogen-bond acceptors (Lipinski definition) is 3. The summed E-state index contributed by atoms with van der Waals surface area (Å²) >= 11 is 0. The van der Waals surface area contributed by atoms with Crippen LogP contribution in [0.3, 0.4) is 0 Å². The SMILES string of the molecule is COCCCN(C)c1c(F)c(F)nc(F)c1F. The van der Waals surface area contributed by atoms with Crippen LogP contribution in [0.15, 0.2) is 0 Å². The van der Waals surface area contributed by atoms with Gasteiger partial charge in [-0.15, -0.1) is 0 Å². The number of rotatable bonds is 5. The fraction of sp³-hybridized carbons (Fsp3) is 0.500. The van der Waals surface area contributed by atoms with E-state index in [2.05, 4.69) is 4.98 Å². The highest BCUT2D eigenvalue weighted by molar-refractivity contribution is 5.47. The molecule has 0 atom stereocenters. The predicted molar refractivity (Wildman–Crippen MR) is 53.8 cm³/mol. The highest BCUT2D eigenvalue weighted by Gasteiger charge is 2.23. The first-order valence-corrected chi connectivity index (χ1v) is 4.89. The van der Waals surface area contributed by atoms with Crippen molar-refractivity contribution in [3.63, 3.8) is 0 Å². The molecule has 1 heterocycles. The molecule has 0 aliphatic rings. The van der Waals surface area contributed by atoms with Gasteiger partial charge in [-0.05, 0) is 6.42 Å². The van der Waals surface area contributed by atoms with Gasteiger partial charge in [0.2, 0.25) is 11.6 Å². The molecule has 0 bridgehead atoms. The average molecular weight is 252 g/mol. The Bertz CT molecular complexity index is 374. The van der Waals surface area contributed by atoms with Crippen molar-refractivity contribution < 1.29 is 22.3 Å². The van der Waals surface area contributed by atoms with Crippen LogP contribution in [0.5, 0.6) is 0 Å². The summed E-state index contributed by atoms with van der Waals surface area (Å²) in [5, 5.41) is 0. The van der Waals surface area contributed by atoms with Crippen LogP contribution >= 0.6 is 0 Å². The molecule has 0 aliphatic heterocycles. The highest BCUT2D eigenvalue weighted by atomic mass is 19.2. The molecule has 1 rings (SSSR count). The van der Waals surface area contributed by atoms with E-state index in [0.29, 0.717) is 13.0 Å². The quantitative estimate of drug-likeness (QED) is 0.456. The summed E-state index contributed by atoms with van der Waals surface area (Å²) in [6, 6.07) is 0. The van der Waals surface area contributed by atoms with Crippen molar-refractivity contribution in [3.05, 3.63) is 23.5 Å². The monoisotopic (exact) mass is 252 g/mol. The molecule has 0 N–H and O–H groups in total. The minimum Gasteiger partial charge on any atom is -0.385 e. The van der Waals surface area contributed by atoms with Gasteiger partial charge >= 0.3 is 0 Å². The van der Waals surface area contributed by atoms with Crippen LogP contribution in [0.4, 0.5) is 23.2 Å². The molecule has 17 heavy (non-hydrogen) atoms. The second kappa shape index (κ2) is 5.81. The van der Waals surface area contributed by atoms with Gasteiger partial charge in [0.15, 0.2) is 0 Å². The first-order valence-electron chi connectivity index (χ1n) is 4.89. The molecule has 0 unspecified atom stereocenters. The Morgan fingerprint density at radius 2 is 1.65 bits per heavy atom. The van der Waals surface area contributed by atoms with Gasteiger partial charge in [-0.25, -0.2) is 0 Å². The van der Waals surface area contributed by atoms with Crippen molar-refractivity contribution in [1.82, 2.24) is 4.98 Å². The number of anilines is 1. The second-order valence-corrected chi connectivity index (χ2v) is 3.44. The van der Waals surface area contributed by atoms with Crippen molar-refractivity contribution in [1.29, 1.82) is 0 Å². The van der Waals surface area contributed by atoms with Gasteiger partial charge in [0.25, 0.3) is 11.9 Å². The number of aromatic nitrogens is 1. The summed E-state index contributed by atoms with van der Waals surface area (Å²) in [6.07, 6.45) is 0.470. The molecular weight excluding hydrogens is 240 g/mol. The number of hydrogen-bond donors (Lipinski definition) is 0. The summed E-state index contributed by atoms with van der Waals surface area (Å²) in [7, 11) is 2.81. The van der Waals surface area contributed by atoms with Crippen LogP contribution in [0.1, 0.15) is 6.42 Å². The smallest absolute Gasteiger partial charge is 0.253 e. The highest BCUT2D eigenvalue weighted by Crippen LogP contribution is 2.25. The topological polar surface area (TPSA) is 25.4 Å². The number of nitrogens with zero attached hydrogens (tertiary/aromatic N) is 2. The summed E-state index contributed by atoms with van der Waals surface area (Å²) in [5.74, 6) is -6.30. The first kappa shape index (κ1) is 13.7. The van der Waals surface area contributed by atoms with E-state index >= 15 is 0 Å². The van der Waals surface area contributed by atoms with Crippen molar-refractivity contribution >= 4 is 5.69 Å². The zero-order chi connectivity index (χ0) is 13.0. The lowest BCUT2D eigenvalue weighted by Crippen LogP contribution is -2.23. The molecular formula is C10H12F4N2O. The van der Waals surface area contributed by atoms with Crippen LogP contribution in [0, 0.1) is 23.5 Å². The summed E-state index contributed by atoms with van der Waals surface area (Å²) in [5.41, 5.74) is -0.758. The van der Waals surface area contributed by atoms with Crippen molar-refractivity contribution in [2.75, 3.05) is 32.2 Å². The van der Waals surface area contributed by atoms with E-state index in [1.807, 2.05) is 0 Å². The first-order chi connectivity index (χ1) is 7.99. The summed E-state index contributed by atoms with van der Waals surface area (Å²) in [4.78, 5) is 3.56. The van der Waals surface area contributed by atoms with Gasteiger partial charge < -0.3 is 9.64 Å². The van der Waals surface area contributed by atoms with Crippen molar-refractivity contribution in [3.8, 4) is 0 Å². The van der Waals surface area contributed by atoms with Gasteiger partial charge in [-0.3, -0.25) is 0 Å². The van der Waals surface area contributed by atoms with Gasteiger partial charge in [0.1, 0.15) is 5.69 Å². The van der Waals surface area contributed by atoms with Crippen LogP contribution < -0.4 is 4.90 Å². The Morgan fingerprint density at radius 3 is 2.12 bits per heavy atom. The van der Waals surface area contributed by atoms with Gasteiger partial charge in [0.05, 0.1) is 0 Å². The maximum Gasteiger partial charge on any atom is 0.253 e. The fourth-order valence-corrected chi connectivity index (χ4v) is 1.37. The van der Waals surface area contributed by atoms with E-state index in [4.69, 9.17) is 4.74 Å². The van der Waals surface area contributed by atoms with Crippen molar-refractivity contribution in [2.45, 2.75) is 6.42 Å². The van der Waals surface area contributed by atoms with Crippen LogP contribution in [-0.4, -0.2) is 32.3 Å². The van der Waals surface area contributed by atoms with Gasteiger partial charge in [0, 0.05) is 27.3 Å². The molecule has 3 nitrogen and oxygen atoms in total. The van der Waals surface area contributed by atoms with Crippen LogP contribution in [0.25, 0.3) is 0 Å². The Balaban J connectivity index is 2.95. The second-order valence-electron chi connectivity index (χ2n) is 3.44. The lowest BCUT2D eigenvalue weighted by molar-refractivity contribution is 0.196. The van der Waals surface area contributed by atoms with E-state index in [1.54, 1.807) is 0 Å². The fourth-order valence-electron chi connectivity index (χ4n) is 1.37. The third-order valence-corrected chi connectivity index (χ3v) is 2.20. The molecule has 1 aromatic heterocycles. The molecule has 0 spiro atoms. The predicted octanol–water partition coefficient (Wildman–Crippen LogP) is 2.11. The molecule has 0 saturated carbocycles. The average Bonchev–Trinajstić information content (AvgIpc) is 2.27. The van der Waals surface area contributed by atoms with E-state index in [0.717, 1.165) is 4.90 Å². The third-order valence-electron chi connectivity index (χ3n) is 2.20. The maximum atomic E-state index is 13.3. The zero-order valence-electron chi connectivity index (χ0n) is 9.44. The van der Waals surface area contributed by atoms with E-state index in [1.165, 1.54) is 14.2 Å². The molecule has 96 valence electrons. The minimum atomic E-state index is -1.66. The van der Waals surface area contributed by atoms with Gasteiger partial charge in [-0.1, -0.05) is 0 Å². The van der Waals surface area contributed by atoms with Crippen LogP contribution in [-0.2, 0) is 4.74 Å². The molecule has 0 radical (unpaired) electrons.